The molecule has 1 aromatic carbocycles. The fourth-order valence-electron chi connectivity index (χ4n) is 3.89. The molecule has 4 rings (SSSR count). The smallest absolute Gasteiger partial charge is 0.241 e. The van der Waals surface area contributed by atoms with Gasteiger partial charge in [0.25, 0.3) is 0 Å². The molecule has 2 amide bonds. The Labute approximate surface area is 135 Å². The lowest BCUT2D eigenvalue weighted by atomic mass is 9.73. The van der Waals surface area contributed by atoms with Crippen molar-refractivity contribution >= 4 is 33.4 Å². The highest BCUT2D eigenvalue weighted by atomic mass is 79.9. The molecule has 0 spiro atoms. The van der Waals surface area contributed by atoms with Crippen LogP contribution in [0.5, 0.6) is 0 Å². The van der Waals surface area contributed by atoms with E-state index in [9.17, 15) is 14.7 Å². The van der Waals surface area contributed by atoms with Crippen LogP contribution in [0.15, 0.2) is 40.9 Å². The minimum absolute atomic E-state index is 0.264. The van der Waals surface area contributed by atoms with Crippen molar-refractivity contribution in [1.29, 1.82) is 0 Å². The summed E-state index contributed by atoms with van der Waals surface area (Å²) in [6, 6.07) is 7.03. The second-order valence-corrected chi connectivity index (χ2v) is 7.09. The number of nitrogens with zero attached hydrogens (tertiary/aromatic N) is 1. The van der Waals surface area contributed by atoms with Gasteiger partial charge in [0.2, 0.25) is 11.8 Å². The largest absolute Gasteiger partial charge is 0.393 e. The number of rotatable bonds is 2. The molecule has 2 bridgehead atoms. The number of anilines is 1. The van der Waals surface area contributed by atoms with Gasteiger partial charge in [0.05, 0.1) is 29.7 Å². The third-order valence-corrected chi connectivity index (χ3v) is 5.42. The van der Waals surface area contributed by atoms with Crippen LogP contribution in [0.1, 0.15) is 6.92 Å². The van der Waals surface area contributed by atoms with Crippen molar-refractivity contribution < 1.29 is 19.4 Å². The number of hydrogen-bond acceptors (Lipinski definition) is 4. The number of aliphatic hydroxyl groups excluding tert-OH is 1. The summed E-state index contributed by atoms with van der Waals surface area (Å²) in [6.45, 7) is 1.48. The molecule has 0 unspecified atom stereocenters. The molecule has 1 N–H and O–H groups in total. The van der Waals surface area contributed by atoms with E-state index in [-0.39, 0.29) is 18.4 Å². The van der Waals surface area contributed by atoms with Crippen molar-refractivity contribution in [1.82, 2.24) is 0 Å². The van der Waals surface area contributed by atoms with E-state index in [1.165, 1.54) is 4.90 Å². The fraction of sp³-hybridized carbons (Fsp3) is 0.375. The Morgan fingerprint density at radius 2 is 1.82 bits per heavy atom. The predicted molar refractivity (Wildman–Crippen MR) is 82.1 cm³/mol. The lowest BCUT2D eigenvalue weighted by Gasteiger charge is -2.26. The molecule has 114 valence electrons. The minimum Gasteiger partial charge on any atom is -0.393 e. The van der Waals surface area contributed by atoms with Crippen LogP contribution in [0.2, 0.25) is 0 Å². The lowest BCUT2D eigenvalue weighted by molar-refractivity contribution is -0.131. The van der Waals surface area contributed by atoms with E-state index >= 15 is 0 Å². The molecular formula is C16H14BrNO4. The van der Waals surface area contributed by atoms with Crippen LogP contribution in [0.25, 0.3) is 0 Å². The molecule has 3 aliphatic heterocycles. The molecule has 3 aliphatic rings. The molecule has 0 aromatic heterocycles. The van der Waals surface area contributed by atoms with E-state index in [0.717, 1.165) is 4.47 Å². The zero-order valence-corrected chi connectivity index (χ0v) is 13.4. The first-order chi connectivity index (χ1) is 10.4. The van der Waals surface area contributed by atoms with Crippen LogP contribution in [0.4, 0.5) is 5.69 Å². The first-order valence-electron chi connectivity index (χ1n) is 7.07. The van der Waals surface area contributed by atoms with E-state index in [1.807, 2.05) is 0 Å². The van der Waals surface area contributed by atoms with Crippen molar-refractivity contribution in [2.75, 3.05) is 11.5 Å². The monoisotopic (exact) mass is 363 g/mol. The summed E-state index contributed by atoms with van der Waals surface area (Å²) in [6.07, 6.45) is 3.52. The Kier molecular flexibility index (Phi) is 2.74. The second-order valence-electron chi connectivity index (χ2n) is 6.18. The Morgan fingerprint density at radius 3 is 2.45 bits per heavy atom. The van der Waals surface area contributed by atoms with Crippen LogP contribution in [-0.2, 0) is 14.3 Å². The van der Waals surface area contributed by atoms with Gasteiger partial charge in [-0.1, -0.05) is 28.1 Å². The van der Waals surface area contributed by atoms with E-state index in [1.54, 1.807) is 43.3 Å². The number of aliphatic hydroxyl groups is 1. The number of ether oxygens (including phenoxy) is 1. The quantitative estimate of drug-likeness (QED) is 0.640. The van der Waals surface area contributed by atoms with E-state index in [2.05, 4.69) is 15.9 Å². The predicted octanol–water partition coefficient (Wildman–Crippen LogP) is 1.64. The second kappa shape index (κ2) is 4.28. The molecular weight excluding hydrogens is 350 g/mol. The maximum atomic E-state index is 12.8. The van der Waals surface area contributed by atoms with Crippen molar-refractivity contribution in [2.45, 2.75) is 18.1 Å². The van der Waals surface area contributed by atoms with E-state index in [4.69, 9.17) is 4.74 Å². The number of amides is 2. The molecule has 6 heteroatoms. The van der Waals surface area contributed by atoms with Crippen molar-refractivity contribution in [3.05, 3.63) is 40.9 Å². The van der Waals surface area contributed by atoms with Crippen molar-refractivity contribution in [3.8, 4) is 0 Å². The first kappa shape index (κ1) is 14.1. The molecule has 5 nitrogen and oxygen atoms in total. The maximum absolute atomic E-state index is 12.8. The normalized spacial score (nSPS) is 39.0. The standard InChI is InChI=1S/C16H14BrNO4/c1-15-6-7-16(8-19,22-15)12-11(15)13(20)18(14(12)21)10-4-2-9(17)3-5-10/h2-7,11-12,19H,8H2,1H3/t11-,12-,15-,16+/m1/s1. The summed E-state index contributed by atoms with van der Waals surface area (Å²) in [5.41, 5.74) is -1.36. The van der Waals surface area contributed by atoms with Gasteiger partial charge in [-0.15, -0.1) is 0 Å². The van der Waals surface area contributed by atoms with Crippen LogP contribution < -0.4 is 4.90 Å². The van der Waals surface area contributed by atoms with Gasteiger partial charge in [0.15, 0.2) is 0 Å². The average Bonchev–Trinajstić information content (AvgIpc) is 3.07. The average molecular weight is 364 g/mol. The van der Waals surface area contributed by atoms with Gasteiger partial charge in [-0.2, -0.15) is 0 Å². The zero-order valence-electron chi connectivity index (χ0n) is 11.8. The van der Waals surface area contributed by atoms with Gasteiger partial charge in [-0.05, 0) is 31.2 Å². The number of carbonyl (C=O) groups excluding carboxylic acids is 2. The first-order valence-corrected chi connectivity index (χ1v) is 7.86. The van der Waals surface area contributed by atoms with Crippen LogP contribution in [-0.4, -0.2) is 34.7 Å². The van der Waals surface area contributed by atoms with Gasteiger partial charge in [-0.25, -0.2) is 4.90 Å². The highest BCUT2D eigenvalue weighted by molar-refractivity contribution is 9.10. The summed E-state index contributed by atoms with van der Waals surface area (Å²) in [7, 11) is 0. The Balaban J connectivity index is 1.80. The van der Waals surface area contributed by atoms with E-state index < -0.39 is 23.0 Å². The Morgan fingerprint density at radius 1 is 1.18 bits per heavy atom. The third-order valence-electron chi connectivity index (χ3n) is 4.89. The number of benzene rings is 1. The molecule has 3 heterocycles. The van der Waals surface area contributed by atoms with Crippen LogP contribution in [0.3, 0.4) is 0 Å². The van der Waals surface area contributed by atoms with E-state index in [0.29, 0.717) is 5.69 Å². The molecule has 2 fully saturated rings. The highest BCUT2D eigenvalue weighted by Gasteiger charge is 2.72. The SMILES string of the molecule is C[C@]12C=C[C@@](CO)(O1)[C@H]1C(=O)N(c3ccc(Br)cc3)C(=O)[C@@H]12. The number of imide groups is 1. The summed E-state index contributed by atoms with van der Waals surface area (Å²) < 4.78 is 6.75. The fourth-order valence-corrected chi connectivity index (χ4v) is 4.15. The molecule has 0 radical (unpaired) electrons. The van der Waals surface area contributed by atoms with Crippen molar-refractivity contribution in [3.63, 3.8) is 0 Å². The van der Waals surface area contributed by atoms with Crippen LogP contribution >= 0.6 is 15.9 Å². The summed E-state index contributed by atoms with van der Waals surface area (Å²) in [5.74, 6) is -1.82. The Hall–Kier alpha value is -1.50. The third kappa shape index (κ3) is 1.55. The maximum Gasteiger partial charge on any atom is 0.241 e. The van der Waals surface area contributed by atoms with Gasteiger partial charge in [-0.3, -0.25) is 9.59 Å². The molecule has 22 heavy (non-hydrogen) atoms. The van der Waals surface area contributed by atoms with Gasteiger partial charge < -0.3 is 9.84 Å². The molecule has 1 aromatic rings. The molecule has 4 atom stereocenters. The van der Waals surface area contributed by atoms with Gasteiger partial charge in [0.1, 0.15) is 5.60 Å². The summed E-state index contributed by atoms with van der Waals surface area (Å²) in [5, 5.41) is 9.74. The van der Waals surface area contributed by atoms with Crippen LogP contribution in [0, 0.1) is 11.8 Å². The minimum atomic E-state index is -1.07. The Bertz CT molecular complexity index is 715. The summed E-state index contributed by atoms with van der Waals surface area (Å²) in [4.78, 5) is 26.9. The van der Waals surface area contributed by atoms with Gasteiger partial charge in [0, 0.05) is 4.47 Å². The topological polar surface area (TPSA) is 66.8 Å². The number of halogens is 1. The molecule has 0 aliphatic carbocycles. The molecule has 2 saturated heterocycles. The lowest BCUT2D eigenvalue weighted by Crippen LogP contribution is -2.43. The van der Waals surface area contributed by atoms with Crippen molar-refractivity contribution in [2.24, 2.45) is 11.8 Å². The zero-order chi connectivity index (χ0) is 15.7. The summed E-state index contributed by atoms with van der Waals surface area (Å²) >= 11 is 3.34. The molecule has 0 saturated carbocycles. The number of carbonyl (C=O) groups is 2. The number of hydrogen-bond donors (Lipinski definition) is 1. The number of fused-ring (bicyclic) bond motifs is 5. The van der Waals surface area contributed by atoms with Gasteiger partial charge >= 0.3 is 0 Å². The highest BCUT2D eigenvalue weighted by Crippen LogP contribution is 2.57.